The molecule has 0 spiro atoms. The molecule has 2 atom stereocenters. The Balaban J connectivity index is 1.90. The molecule has 0 aliphatic heterocycles. The van der Waals surface area contributed by atoms with Crippen LogP contribution in [0.3, 0.4) is 0 Å². The van der Waals surface area contributed by atoms with Crippen LogP contribution in [-0.2, 0) is 35.3 Å². The van der Waals surface area contributed by atoms with Gasteiger partial charge in [0, 0.05) is 0 Å². The molecule has 40 heavy (non-hydrogen) atoms. The summed E-state index contributed by atoms with van der Waals surface area (Å²) < 4.78 is 54.5. The zero-order chi connectivity index (χ0) is 29.3. The van der Waals surface area contributed by atoms with Gasteiger partial charge < -0.3 is 14.6 Å². The second-order valence-corrected chi connectivity index (χ2v) is 13.0. The Bertz CT molecular complexity index is 1470. The molecule has 0 saturated heterocycles. The number of para-hydroxylation sites is 2. The molecule has 3 rings (SSSR count). The van der Waals surface area contributed by atoms with Crippen LogP contribution < -0.4 is 19.6 Å². The van der Waals surface area contributed by atoms with Gasteiger partial charge in [-0.15, -0.1) is 0 Å². The van der Waals surface area contributed by atoms with Crippen molar-refractivity contribution in [3.63, 3.8) is 0 Å². The lowest BCUT2D eigenvalue weighted by Crippen LogP contribution is -2.47. The van der Waals surface area contributed by atoms with E-state index in [0.29, 0.717) is 0 Å². The number of anilines is 1. The van der Waals surface area contributed by atoms with Gasteiger partial charge in [-0.3, -0.25) is 14.3 Å². The molecule has 0 fully saturated rings. The quantitative estimate of drug-likeness (QED) is 0.202. The van der Waals surface area contributed by atoms with E-state index >= 15 is 0 Å². The van der Waals surface area contributed by atoms with Crippen LogP contribution in [0, 0.1) is 6.92 Å². The van der Waals surface area contributed by atoms with Crippen molar-refractivity contribution in [2.45, 2.75) is 24.3 Å². The van der Waals surface area contributed by atoms with E-state index in [1.54, 1.807) is 48.5 Å². The lowest BCUT2D eigenvalue weighted by atomic mass is 10.1. The summed E-state index contributed by atoms with van der Waals surface area (Å²) in [4.78, 5) is 24.7. The van der Waals surface area contributed by atoms with Crippen molar-refractivity contribution in [2.24, 2.45) is 0 Å². The standard InChI is InChI=1S/C27H33N4O7PS/c1-20-14-16-22(17-15-20)40(35,36)30-23-12-8-9-13-25(23)38-39(34,31(2)3)29-24(18-21-10-6-5-7-11-21)27(33)28-19-26(32)37-4/h5-17,24,30H,18-19H2,1-4H3,(H,28,33)(H,29,34). The third kappa shape index (κ3) is 8.40. The SMILES string of the molecule is COC(=O)CNC(=O)C(Cc1ccccc1)NP(=O)(Oc1ccccc1NS(=O)(=O)c1ccc(C)cc1)N(C)C. The van der Waals surface area contributed by atoms with Gasteiger partial charge in [-0.1, -0.05) is 60.2 Å². The molecule has 0 aliphatic carbocycles. The summed E-state index contributed by atoms with van der Waals surface area (Å²) in [6, 6.07) is 20.4. The summed E-state index contributed by atoms with van der Waals surface area (Å²) in [5.74, 6) is -1.27. The minimum absolute atomic E-state index is 0.0175. The fourth-order valence-electron chi connectivity index (χ4n) is 3.51. The van der Waals surface area contributed by atoms with Gasteiger partial charge >= 0.3 is 13.6 Å². The maximum absolute atomic E-state index is 14.2. The van der Waals surface area contributed by atoms with Crippen LogP contribution in [0.2, 0.25) is 0 Å². The normalized spacial score (nSPS) is 13.6. The van der Waals surface area contributed by atoms with Gasteiger partial charge in [-0.05, 0) is 57.3 Å². The highest BCUT2D eigenvalue weighted by atomic mass is 32.2. The van der Waals surface area contributed by atoms with E-state index < -0.39 is 35.6 Å². The number of rotatable bonds is 13. The number of hydrogen-bond donors (Lipinski definition) is 3. The van der Waals surface area contributed by atoms with Crippen molar-refractivity contribution in [3.05, 3.63) is 90.0 Å². The van der Waals surface area contributed by atoms with Crippen molar-refractivity contribution < 1.29 is 31.8 Å². The topological polar surface area (TPSA) is 143 Å². The van der Waals surface area contributed by atoms with Crippen molar-refractivity contribution in [3.8, 4) is 5.75 Å². The number of benzene rings is 3. The van der Waals surface area contributed by atoms with Crippen LogP contribution in [0.1, 0.15) is 11.1 Å². The molecule has 0 heterocycles. The lowest BCUT2D eigenvalue weighted by Gasteiger charge is -2.30. The average Bonchev–Trinajstić information content (AvgIpc) is 2.92. The Morgan fingerprint density at radius 2 is 1.57 bits per heavy atom. The third-order valence-electron chi connectivity index (χ3n) is 5.76. The lowest BCUT2D eigenvalue weighted by molar-refractivity contribution is -0.141. The highest BCUT2D eigenvalue weighted by Crippen LogP contribution is 2.47. The van der Waals surface area contributed by atoms with Crippen molar-refractivity contribution >= 4 is 35.3 Å². The zero-order valence-electron chi connectivity index (χ0n) is 22.7. The van der Waals surface area contributed by atoms with Crippen LogP contribution in [0.5, 0.6) is 5.75 Å². The number of amides is 1. The van der Waals surface area contributed by atoms with E-state index in [-0.39, 0.29) is 29.3 Å². The zero-order valence-corrected chi connectivity index (χ0v) is 24.4. The molecule has 0 bridgehead atoms. The molecule has 0 aromatic heterocycles. The molecule has 0 saturated carbocycles. The molecule has 0 aliphatic rings. The Morgan fingerprint density at radius 3 is 2.20 bits per heavy atom. The largest absolute Gasteiger partial charge is 0.468 e. The molecule has 3 N–H and O–H groups in total. The van der Waals surface area contributed by atoms with Crippen molar-refractivity contribution in [1.29, 1.82) is 0 Å². The smallest absolute Gasteiger partial charge is 0.393 e. The van der Waals surface area contributed by atoms with E-state index in [9.17, 15) is 22.6 Å². The molecule has 2 unspecified atom stereocenters. The fourth-order valence-corrected chi connectivity index (χ4v) is 6.05. The third-order valence-corrected chi connectivity index (χ3v) is 9.28. The monoisotopic (exact) mass is 588 g/mol. The first-order valence-electron chi connectivity index (χ1n) is 12.3. The molecule has 3 aromatic rings. The average molecular weight is 589 g/mol. The van der Waals surface area contributed by atoms with Gasteiger partial charge in [-0.25, -0.2) is 22.7 Å². The minimum atomic E-state index is -4.01. The Hall–Kier alpha value is -3.70. The molecule has 214 valence electrons. The molecule has 0 radical (unpaired) electrons. The number of nitrogens with zero attached hydrogens (tertiary/aromatic N) is 1. The first-order chi connectivity index (χ1) is 18.9. The van der Waals surface area contributed by atoms with Crippen LogP contribution in [0.15, 0.2) is 83.8 Å². The summed E-state index contributed by atoms with van der Waals surface area (Å²) in [6.07, 6.45) is 0.122. The number of ether oxygens (including phenoxy) is 1. The highest BCUT2D eigenvalue weighted by molar-refractivity contribution is 7.92. The van der Waals surface area contributed by atoms with Crippen LogP contribution >= 0.6 is 7.67 Å². The van der Waals surface area contributed by atoms with Gasteiger partial charge in [-0.2, -0.15) is 0 Å². The maximum atomic E-state index is 14.2. The Kier molecular flexibility index (Phi) is 10.5. The second-order valence-electron chi connectivity index (χ2n) is 9.04. The number of carbonyl (C=O) groups excluding carboxylic acids is 2. The van der Waals surface area contributed by atoms with Crippen LogP contribution in [-0.4, -0.2) is 58.8 Å². The second kappa shape index (κ2) is 13.6. The summed E-state index contributed by atoms with van der Waals surface area (Å²) in [7, 11) is -3.80. The highest BCUT2D eigenvalue weighted by Gasteiger charge is 2.35. The maximum Gasteiger partial charge on any atom is 0.393 e. The van der Waals surface area contributed by atoms with Crippen molar-refractivity contribution in [1.82, 2.24) is 15.1 Å². The molecule has 1 amide bonds. The number of esters is 1. The van der Waals surface area contributed by atoms with E-state index in [1.165, 1.54) is 50.1 Å². The number of methoxy groups -OCH3 is 1. The molecular weight excluding hydrogens is 555 g/mol. The van der Waals surface area contributed by atoms with E-state index in [1.807, 2.05) is 13.0 Å². The first-order valence-corrected chi connectivity index (χ1v) is 15.3. The predicted molar refractivity (Wildman–Crippen MR) is 152 cm³/mol. The Morgan fingerprint density at radius 1 is 0.950 bits per heavy atom. The van der Waals surface area contributed by atoms with Crippen LogP contribution in [0.25, 0.3) is 0 Å². The number of nitrogens with one attached hydrogen (secondary N) is 3. The van der Waals surface area contributed by atoms with Crippen molar-refractivity contribution in [2.75, 3.05) is 32.5 Å². The number of hydrogen-bond acceptors (Lipinski definition) is 7. The van der Waals surface area contributed by atoms with Gasteiger partial charge in [0.15, 0.2) is 5.75 Å². The molecule has 11 nitrogen and oxygen atoms in total. The van der Waals surface area contributed by atoms with E-state index in [4.69, 9.17) is 4.52 Å². The summed E-state index contributed by atoms with van der Waals surface area (Å²) in [5.41, 5.74) is 1.73. The van der Waals surface area contributed by atoms with Gasteiger partial charge in [0.2, 0.25) is 5.91 Å². The van der Waals surface area contributed by atoms with Gasteiger partial charge in [0.1, 0.15) is 12.6 Å². The molecule has 3 aromatic carbocycles. The molecule has 13 heteroatoms. The molecular formula is C27H33N4O7PS. The fraction of sp³-hybridized carbons (Fsp3) is 0.259. The number of aryl methyl sites for hydroxylation is 1. The number of sulfonamides is 1. The minimum Gasteiger partial charge on any atom is -0.468 e. The van der Waals surface area contributed by atoms with Gasteiger partial charge in [0.25, 0.3) is 10.0 Å². The van der Waals surface area contributed by atoms with Crippen LogP contribution in [0.4, 0.5) is 5.69 Å². The summed E-state index contributed by atoms with van der Waals surface area (Å²) in [6.45, 7) is 1.47. The Labute approximate surface area is 234 Å². The predicted octanol–water partition coefficient (Wildman–Crippen LogP) is 3.33. The summed E-state index contributed by atoms with van der Waals surface area (Å²) in [5, 5.41) is 5.30. The number of carbonyl (C=O) groups is 2. The first kappa shape index (κ1) is 30.8. The van der Waals surface area contributed by atoms with E-state index in [0.717, 1.165) is 11.1 Å². The van der Waals surface area contributed by atoms with Gasteiger partial charge in [0.05, 0.1) is 17.7 Å². The van der Waals surface area contributed by atoms with E-state index in [2.05, 4.69) is 19.9 Å². The summed E-state index contributed by atoms with van der Waals surface area (Å²) >= 11 is 0.